The Morgan fingerprint density at radius 1 is 1.17 bits per heavy atom. The molecule has 0 bridgehead atoms. The summed E-state index contributed by atoms with van der Waals surface area (Å²) in [7, 11) is 0. The molecule has 154 valence electrons. The summed E-state index contributed by atoms with van der Waals surface area (Å²) in [6.45, 7) is 2.02. The molecule has 3 aliphatic rings. The number of H-pyrrole nitrogens is 1. The molecule has 2 unspecified atom stereocenters. The molecule has 6 heteroatoms. The number of amides is 2. The van der Waals surface area contributed by atoms with Gasteiger partial charge in [-0.2, -0.15) is 0 Å². The molecule has 3 fully saturated rings. The molecular formula is C23H29N3O3. The molecule has 2 N–H and O–H groups in total. The van der Waals surface area contributed by atoms with E-state index in [0.717, 1.165) is 49.4 Å². The van der Waals surface area contributed by atoms with Gasteiger partial charge in [0.25, 0.3) is 5.91 Å². The number of carbonyl (C=O) groups is 2. The normalized spacial score (nSPS) is 26.1. The van der Waals surface area contributed by atoms with Crippen molar-refractivity contribution in [2.75, 3.05) is 26.2 Å². The smallest absolute Gasteiger partial charge is 0.256 e. The molecule has 1 aliphatic carbocycles. The van der Waals surface area contributed by atoms with Gasteiger partial charge < -0.3 is 19.9 Å². The van der Waals surface area contributed by atoms with Crippen LogP contribution in [-0.4, -0.2) is 63.5 Å². The lowest BCUT2D eigenvalue weighted by molar-refractivity contribution is -0.144. The Morgan fingerprint density at radius 3 is 2.76 bits per heavy atom. The van der Waals surface area contributed by atoms with Crippen molar-refractivity contribution < 1.29 is 14.7 Å². The van der Waals surface area contributed by atoms with E-state index >= 15 is 0 Å². The van der Waals surface area contributed by atoms with Gasteiger partial charge in [-0.25, -0.2) is 0 Å². The Balaban J connectivity index is 1.33. The van der Waals surface area contributed by atoms with Crippen LogP contribution in [-0.2, 0) is 4.79 Å². The Kier molecular flexibility index (Phi) is 4.62. The maximum Gasteiger partial charge on any atom is 0.256 e. The molecule has 6 nitrogen and oxygen atoms in total. The molecule has 1 aromatic heterocycles. The van der Waals surface area contributed by atoms with Crippen molar-refractivity contribution in [1.82, 2.24) is 14.8 Å². The Hall–Kier alpha value is -2.34. The molecule has 3 heterocycles. The van der Waals surface area contributed by atoms with E-state index in [1.54, 1.807) is 6.20 Å². The minimum Gasteiger partial charge on any atom is -0.396 e. The number of aliphatic hydroxyl groups excluding tert-OH is 1. The molecule has 2 aromatic rings. The second kappa shape index (κ2) is 7.17. The average Bonchev–Trinajstić information content (AvgIpc) is 3.34. The van der Waals surface area contributed by atoms with Gasteiger partial charge in [-0.05, 0) is 44.6 Å². The lowest BCUT2D eigenvalue weighted by atomic mass is 9.73. The summed E-state index contributed by atoms with van der Waals surface area (Å²) in [6.07, 6.45) is 7.69. The summed E-state index contributed by atoms with van der Waals surface area (Å²) in [5.74, 6) is 0.268. The van der Waals surface area contributed by atoms with Crippen LogP contribution in [0, 0.1) is 11.8 Å². The van der Waals surface area contributed by atoms with Gasteiger partial charge in [-0.15, -0.1) is 0 Å². The lowest BCUT2D eigenvalue weighted by Crippen LogP contribution is -2.55. The van der Waals surface area contributed by atoms with E-state index in [1.807, 2.05) is 29.2 Å². The largest absolute Gasteiger partial charge is 0.396 e. The highest BCUT2D eigenvalue weighted by molar-refractivity contribution is 6.06. The Morgan fingerprint density at radius 2 is 2.00 bits per heavy atom. The highest BCUT2D eigenvalue weighted by Crippen LogP contribution is 2.48. The van der Waals surface area contributed by atoms with E-state index in [1.165, 1.54) is 0 Å². The average molecular weight is 396 g/mol. The molecule has 2 aliphatic heterocycles. The molecular weight excluding hydrogens is 366 g/mol. The molecule has 5 rings (SSSR count). The molecule has 1 spiro atoms. The van der Waals surface area contributed by atoms with Gasteiger partial charge in [0.1, 0.15) is 0 Å². The van der Waals surface area contributed by atoms with Crippen LogP contribution in [0.5, 0.6) is 0 Å². The van der Waals surface area contributed by atoms with Gasteiger partial charge in [0, 0.05) is 54.8 Å². The fraction of sp³-hybridized carbons (Fsp3) is 0.565. The topological polar surface area (TPSA) is 76.6 Å². The van der Waals surface area contributed by atoms with Crippen LogP contribution in [0.25, 0.3) is 10.9 Å². The van der Waals surface area contributed by atoms with Gasteiger partial charge in [0.15, 0.2) is 0 Å². The number of fused-ring (bicyclic) bond motifs is 1. The number of rotatable bonds is 3. The van der Waals surface area contributed by atoms with E-state index in [-0.39, 0.29) is 35.8 Å². The first-order chi connectivity index (χ1) is 14.1. The van der Waals surface area contributed by atoms with Crippen LogP contribution in [0.4, 0.5) is 0 Å². The number of piperidine rings is 1. The summed E-state index contributed by atoms with van der Waals surface area (Å²) in [5.41, 5.74) is 1.62. The third kappa shape index (κ3) is 3.05. The fourth-order valence-corrected chi connectivity index (χ4v) is 5.67. The summed E-state index contributed by atoms with van der Waals surface area (Å²) < 4.78 is 0. The van der Waals surface area contributed by atoms with Gasteiger partial charge in [-0.1, -0.05) is 18.2 Å². The van der Waals surface area contributed by atoms with Crippen LogP contribution in [0.3, 0.4) is 0 Å². The van der Waals surface area contributed by atoms with Gasteiger partial charge in [-0.3, -0.25) is 9.59 Å². The minimum atomic E-state index is -0.132. The predicted octanol–water partition coefficient (Wildman–Crippen LogP) is 2.78. The predicted molar refractivity (Wildman–Crippen MR) is 110 cm³/mol. The quantitative estimate of drug-likeness (QED) is 0.839. The summed E-state index contributed by atoms with van der Waals surface area (Å²) in [5, 5.41) is 10.6. The number of benzene rings is 1. The first-order valence-electron chi connectivity index (χ1n) is 10.9. The number of hydrogen-bond donors (Lipinski definition) is 2. The lowest BCUT2D eigenvalue weighted by Gasteiger charge is -2.47. The fourth-order valence-electron chi connectivity index (χ4n) is 5.67. The van der Waals surface area contributed by atoms with Gasteiger partial charge in [0.05, 0.1) is 11.5 Å². The zero-order chi connectivity index (χ0) is 20.0. The van der Waals surface area contributed by atoms with Crippen LogP contribution < -0.4 is 0 Å². The van der Waals surface area contributed by atoms with Crippen molar-refractivity contribution in [1.29, 1.82) is 0 Å². The van der Waals surface area contributed by atoms with E-state index in [9.17, 15) is 14.7 Å². The van der Waals surface area contributed by atoms with Gasteiger partial charge >= 0.3 is 0 Å². The second-order valence-corrected chi connectivity index (χ2v) is 9.12. The van der Waals surface area contributed by atoms with E-state index in [2.05, 4.69) is 9.88 Å². The number of nitrogens with one attached hydrogen (secondary N) is 1. The number of carbonyl (C=O) groups excluding carboxylic acids is 2. The third-order valence-electron chi connectivity index (χ3n) is 7.37. The first kappa shape index (κ1) is 18.7. The van der Waals surface area contributed by atoms with Crippen molar-refractivity contribution in [3.8, 4) is 0 Å². The number of aromatic nitrogens is 1. The zero-order valence-corrected chi connectivity index (χ0v) is 16.8. The highest BCUT2D eigenvalue weighted by atomic mass is 16.3. The number of aromatic amines is 1. The molecule has 0 radical (unpaired) electrons. The van der Waals surface area contributed by atoms with Crippen molar-refractivity contribution in [2.24, 2.45) is 11.8 Å². The number of nitrogens with zero attached hydrogens (tertiary/aromatic N) is 2. The maximum absolute atomic E-state index is 13.4. The maximum atomic E-state index is 13.4. The third-order valence-corrected chi connectivity index (χ3v) is 7.37. The standard InChI is InChI=1S/C23H29N3O3/c27-15-16-11-23(8-4-9-23)26(13-16)21(28)17-5-3-10-25(14-17)22(29)19-12-24-20-7-2-1-6-18(19)20/h1-2,6-7,12,16-17,24,27H,3-5,8-11,13-15H2. The first-order valence-corrected chi connectivity index (χ1v) is 10.9. The van der Waals surface area contributed by atoms with Crippen LogP contribution in [0.2, 0.25) is 0 Å². The minimum absolute atomic E-state index is 0.00737. The van der Waals surface area contributed by atoms with Crippen molar-refractivity contribution in [2.45, 2.75) is 44.1 Å². The van der Waals surface area contributed by atoms with Crippen LogP contribution in [0.15, 0.2) is 30.5 Å². The summed E-state index contributed by atoms with van der Waals surface area (Å²) >= 11 is 0. The number of hydrogen-bond acceptors (Lipinski definition) is 3. The molecule has 1 saturated carbocycles. The molecule has 2 amide bonds. The highest BCUT2D eigenvalue weighted by Gasteiger charge is 2.52. The van der Waals surface area contributed by atoms with E-state index in [4.69, 9.17) is 0 Å². The SMILES string of the molecule is O=C(c1c[nH]c2ccccc12)N1CCCC(C(=O)N2CC(CO)CC23CCC3)C1. The number of para-hydroxylation sites is 1. The van der Waals surface area contributed by atoms with Crippen molar-refractivity contribution in [3.63, 3.8) is 0 Å². The molecule has 1 aromatic carbocycles. The van der Waals surface area contributed by atoms with Crippen molar-refractivity contribution >= 4 is 22.7 Å². The van der Waals surface area contributed by atoms with Crippen LogP contribution >= 0.6 is 0 Å². The Labute approximate surface area is 170 Å². The second-order valence-electron chi connectivity index (χ2n) is 9.12. The number of aliphatic hydroxyl groups is 1. The monoisotopic (exact) mass is 395 g/mol. The molecule has 29 heavy (non-hydrogen) atoms. The number of likely N-dealkylation sites (tertiary alicyclic amines) is 2. The van der Waals surface area contributed by atoms with E-state index < -0.39 is 0 Å². The molecule has 2 saturated heterocycles. The van der Waals surface area contributed by atoms with Crippen molar-refractivity contribution in [3.05, 3.63) is 36.0 Å². The van der Waals surface area contributed by atoms with E-state index in [0.29, 0.717) is 25.2 Å². The summed E-state index contributed by atoms with van der Waals surface area (Å²) in [4.78, 5) is 33.7. The van der Waals surface area contributed by atoms with Crippen LogP contribution in [0.1, 0.15) is 48.9 Å². The van der Waals surface area contributed by atoms with Gasteiger partial charge in [0.2, 0.25) is 5.91 Å². The molecule has 2 atom stereocenters. The Bertz CT molecular complexity index is 932. The zero-order valence-electron chi connectivity index (χ0n) is 16.8. The summed E-state index contributed by atoms with van der Waals surface area (Å²) in [6, 6.07) is 7.83.